The minimum absolute atomic E-state index is 0.196. The molecule has 2 rings (SSSR count). The van der Waals surface area contributed by atoms with E-state index in [1.54, 1.807) is 6.08 Å². The third-order valence-electron chi connectivity index (χ3n) is 2.68. The Bertz CT molecular complexity index is 634. The molecule has 1 aromatic carbocycles. The van der Waals surface area contributed by atoms with E-state index in [1.807, 2.05) is 19.0 Å². The van der Waals surface area contributed by atoms with Crippen LogP contribution in [0.4, 0.5) is 4.39 Å². The van der Waals surface area contributed by atoms with Gasteiger partial charge in [0.1, 0.15) is 11.5 Å². The molecule has 0 atom stereocenters. The number of amides is 1. The van der Waals surface area contributed by atoms with Gasteiger partial charge < -0.3 is 14.7 Å². The zero-order chi connectivity index (χ0) is 14.5. The molecule has 0 aliphatic heterocycles. The van der Waals surface area contributed by atoms with Gasteiger partial charge in [0.05, 0.1) is 6.54 Å². The summed E-state index contributed by atoms with van der Waals surface area (Å²) in [4.78, 5) is 13.5. The van der Waals surface area contributed by atoms with Crippen LogP contribution < -0.4 is 5.32 Å². The number of hydrogen-bond acceptors (Lipinski definition) is 4. The Morgan fingerprint density at radius 2 is 2.30 bits per heavy atom. The Balaban J connectivity index is 1.97. The van der Waals surface area contributed by atoms with Crippen LogP contribution in [0, 0.1) is 5.82 Å². The molecule has 5 nitrogen and oxygen atoms in total. The highest BCUT2D eigenvalue weighted by molar-refractivity contribution is 5.88. The van der Waals surface area contributed by atoms with Gasteiger partial charge in [0, 0.05) is 18.0 Å². The number of likely N-dealkylation sites (N-methyl/N-ethyl adjacent to an activating group) is 1. The third kappa shape index (κ3) is 3.64. The highest BCUT2D eigenvalue weighted by Gasteiger charge is 2.09. The molecule has 0 aliphatic carbocycles. The molecule has 0 radical (unpaired) electrons. The summed E-state index contributed by atoms with van der Waals surface area (Å²) in [5.74, 6) is -0.585. The molecule has 0 saturated carbocycles. The second kappa shape index (κ2) is 6.29. The van der Waals surface area contributed by atoms with E-state index >= 15 is 0 Å². The molecule has 0 aliphatic rings. The maximum absolute atomic E-state index is 13.2. The van der Waals surface area contributed by atoms with Crippen LogP contribution >= 0.6 is 0 Å². The quantitative estimate of drug-likeness (QED) is 0.845. The summed E-state index contributed by atoms with van der Waals surface area (Å²) >= 11 is 0. The first-order valence-electron chi connectivity index (χ1n) is 6.19. The van der Waals surface area contributed by atoms with Crippen molar-refractivity contribution in [1.29, 1.82) is 0 Å². The van der Waals surface area contributed by atoms with Gasteiger partial charge in [0.2, 0.25) is 5.91 Å². The molecular weight excluding hydrogens is 261 g/mol. The average Bonchev–Trinajstić information content (AvgIpc) is 2.78. The van der Waals surface area contributed by atoms with Gasteiger partial charge in [-0.1, -0.05) is 11.2 Å². The zero-order valence-corrected chi connectivity index (χ0v) is 11.4. The van der Waals surface area contributed by atoms with Crippen molar-refractivity contribution in [3.8, 4) is 0 Å². The summed E-state index contributed by atoms with van der Waals surface area (Å²) in [7, 11) is 3.83. The van der Waals surface area contributed by atoms with E-state index in [0.29, 0.717) is 23.2 Å². The van der Waals surface area contributed by atoms with Gasteiger partial charge in [-0.3, -0.25) is 4.79 Å². The van der Waals surface area contributed by atoms with Gasteiger partial charge in [0.15, 0.2) is 5.58 Å². The molecule has 1 aromatic heterocycles. The van der Waals surface area contributed by atoms with Gasteiger partial charge in [-0.15, -0.1) is 0 Å². The Kier molecular flexibility index (Phi) is 4.47. The third-order valence-corrected chi connectivity index (χ3v) is 2.68. The van der Waals surface area contributed by atoms with Crippen molar-refractivity contribution in [2.75, 3.05) is 20.6 Å². The zero-order valence-electron chi connectivity index (χ0n) is 11.4. The smallest absolute Gasteiger partial charge is 0.244 e. The fourth-order valence-corrected chi connectivity index (χ4v) is 1.69. The lowest BCUT2D eigenvalue weighted by molar-refractivity contribution is -0.116. The van der Waals surface area contributed by atoms with Gasteiger partial charge in [-0.2, -0.15) is 0 Å². The van der Waals surface area contributed by atoms with E-state index in [9.17, 15) is 9.18 Å². The normalized spacial score (nSPS) is 11.6. The van der Waals surface area contributed by atoms with E-state index in [4.69, 9.17) is 4.52 Å². The summed E-state index contributed by atoms with van der Waals surface area (Å²) in [5.41, 5.74) is 1.01. The second-order valence-corrected chi connectivity index (χ2v) is 4.65. The number of benzene rings is 1. The van der Waals surface area contributed by atoms with E-state index in [2.05, 4.69) is 10.5 Å². The van der Waals surface area contributed by atoms with Crippen molar-refractivity contribution in [2.45, 2.75) is 6.54 Å². The van der Waals surface area contributed by atoms with Gasteiger partial charge in [-0.05, 0) is 32.3 Å². The lowest BCUT2D eigenvalue weighted by atomic mass is 10.2. The molecule has 6 heteroatoms. The highest BCUT2D eigenvalue weighted by Crippen LogP contribution is 2.19. The molecule has 0 unspecified atom stereocenters. The lowest BCUT2D eigenvalue weighted by Gasteiger charge is -2.03. The SMILES string of the molecule is CN(C)C/C=C/C(=O)NCc1noc2ccc(F)cc12. The highest BCUT2D eigenvalue weighted by atomic mass is 19.1. The lowest BCUT2D eigenvalue weighted by Crippen LogP contribution is -2.21. The molecule has 1 N–H and O–H groups in total. The van der Waals surface area contributed by atoms with Gasteiger partial charge >= 0.3 is 0 Å². The van der Waals surface area contributed by atoms with Crippen molar-refractivity contribution in [2.24, 2.45) is 0 Å². The van der Waals surface area contributed by atoms with Crippen LogP contribution in [0.1, 0.15) is 5.69 Å². The molecule has 1 heterocycles. The van der Waals surface area contributed by atoms with Crippen LogP contribution in [0.3, 0.4) is 0 Å². The molecule has 1 amide bonds. The summed E-state index contributed by atoms with van der Waals surface area (Å²) < 4.78 is 18.2. The first-order chi connectivity index (χ1) is 9.56. The Morgan fingerprint density at radius 3 is 3.05 bits per heavy atom. The number of nitrogens with zero attached hydrogens (tertiary/aromatic N) is 2. The fourth-order valence-electron chi connectivity index (χ4n) is 1.69. The van der Waals surface area contributed by atoms with E-state index < -0.39 is 0 Å². The standard InChI is InChI=1S/C14H16FN3O2/c1-18(2)7-3-4-14(19)16-9-12-11-8-10(15)5-6-13(11)20-17-12/h3-6,8H,7,9H2,1-2H3,(H,16,19)/b4-3+. The van der Waals surface area contributed by atoms with Crippen molar-refractivity contribution in [1.82, 2.24) is 15.4 Å². The van der Waals surface area contributed by atoms with Crippen molar-refractivity contribution in [3.63, 3.8) is 0 Å². The maximum atomic E-state index is 13.2. The van der Waals surface area contributed by atoms with Gasteiger partial charge in [-0.25, -0.2) is 4.39 Å². The Hall–Kier alpha value is -2.21. The van der Waals surface area contributed by atoms with E-state index in [1.165, 1.54) is 24.3 Å². The Morgan fingerprint density at radius 1 is 1.50 bits per heavy atom. The number of nitrogens with one attached hydrogen (secondary N) is 1. The van der Waals surface area contributed by atoms with Crippen LogP contribution in [-0.4, -0.2) is 36.6 Å². The van der Waals surface area contributed by atoms with Crippen molar-refractivity contribution < 1.29 is 13.7 Å². The summed E-state index contributed by atoms with van der Waals surface area (Å²) in [5, 5.41) is 7.08. The molecular formula is C14H16FN3O2. The predicted octanol–water partition coefficient (Wildman–Crippen LogP) is 1.70. The minimum Gasteiger partial charge on any atom is -0.356 e. The van der Waals surface area contributed by atoms with Gasteiger partial charge in [0.25, 0.3) is 0 Å². The molecule has 20 heavy (non-hydrogen) atoms. The summed E-state index contributed by atoms with van der Waals surface area (Å²) in [6, 6.07) is 4.16. The molecule has 0 fully saturated rings. The first-order valence-corrected chi connectivity index (χ1v) is 6.19. The molecule has 2 aromatic rings. The van der Waals surface area contributed by atoms with Crippen LogP contribution in [0.15, 0.2) is 34.9 Å². The van der Waals surface area contributed by atoms with Crippen LogP contribution in [0.5, 0.6) is 0 Å². The molecule has 106 valence electrons. The molecule has 0 saturated heterocycles. The van der Waals surface area contributed by atoms with Crippen LogP contribution in [-0.2, 0) is 11.3 Å². The van der Waals surface area contributed by atoms with Crippen LogP contribution in [0.2, 0.25) is 0 Å². The average molecular weight is 277 g/mol. The molecule has 0 bridgehead atoms. The fraction of sp³-hybridized carbons (Fsp3) is 0.286. The van der Waals surface area contributed by atoms with E-state index in [0.717, 1.165) is 0 Å². The Labute approximate surface area is 116 Å². The topological polar surface area (TPSA) is 58.4 Å². The number of fused-ring (bicyclic) bond motifs is 1. The molecule has 0 spiro atoms. The predicted molar refractivity (Wildman–Crippen MR) is 73.5 cm³/mol. The van der Waals surface area contributed by atoms with E-state index in [-0.39, 0.29) is 18.3 Å². The minimum atomic E-state index is -0.362. The summed E-state index contributed by atoms with van der Waals surface area (Å²) in [6.07, 6.45) is 3.22. The van der Waals surface area contributed by atoms with Crippen LogP contribution in [0.25, 0.3) is 11.0 Å². The number of hydrogen-bond donors (Lipinski definition) is 1. The number of carbonyl (C=O) groups excluding carboxylic acids is 1. The number of carbonyl (C=O) groups is 1. The second-order valence-electron chi connectivity index (χ2n) is 4.65. The maximum Gasteiger partial charge on any atom is 0.244 e. The van der Waals surface area contributed by atoms with Crippen molar-refractivity contribution >= 4 is 16.9 Å². The monoisotopic (exact) mass is 277 g/mol. The summed E-state index contributed by atoms with van der Waals surface area (Å²) in [6.45, 7) is 0.882. The number of aromatic nitrogens is 1. The largest absolute Gasteiger partial charge is 0.356 e. The number of rotatable bonds is 5. The van der Waals surface area contributed by atoms with Crippen molar-refractivity contribution in [3.05, 3.63) is 41.9 Å². The first kappa shape index (κ1) is 14.2. The number of halogens is 1.